The van der Waals surface area contributed by atoms with Crippen molar-refractivity contribution in [2.75, 3.05) is 27.2 Å². The minimum atomic E-state index is -0.0839. The third-order valence-electron chi connectivity index (χ3n) is 3.77. The van der Waals surface area contributed by atoms with E-state index in [-0.39, 0.29) is 18.0 Å². The van der Waals surface area contributed by atoms with E-state index in [2.05, 4.69) is 22.1 Å². The van der Waals surface area contributed by atoms with E-state index in [4.69, 9.17) is 0 Å². The number of piperazine rings is 1. The first kappa shape index (κ1) is 14.0. The van der Waals surface area contributed by atoms with Gasteiger partial charge in [0.1, 0.15) is 6.04 Å². The van der Waals surface area contributed by atoms with E-state index in [1.807, 2.05) is 31.1 Å². The number of carbonyl (C=O) groups is 1. The summed E-state index contributed by atoms with van der Waals surface area (Å²) in [5.41, 5.74) is 1.20. The van der Waals surface area contributed by atoms with Crippen LogP contribution in [0.3, 0.4) is 0 Å². The first-order chi connectivity index (χ1) is 9.13. The molecule has 0 radical (unpaired) electrons. The van der Waals surface area contributed by atoms with E-state index in [0.717, 1.165) is 13.1 Å². The number of rotatable bonds is 4. The van der Waals surface area contributed by atoms with Crippen molar-refractivity contribution < 1.29 is 4.79 Å². The van der Waals surface area contributed by atoms with Gasteiger partial charge < -0.3 is 10.2 Å². The van der Waals surface area contributed by atoms with Gasteiger partial charge in [-0.05, 0) is 31.7 Å². The summed E-state index contributed by atoms with van der Waals surface area (Å²) in [6, 6.07) is 4.18. The molecule has 19 heavy (non-hydrogen) atoms. The molecular formula is C14H22N4O. The Morgan fingerprint density at radius 3 is 2.74 bits per heavy atom. The van der Waals surface area contributed by atoms with Crippen LogP contribution in [0.4, 0.5) is 0 Å². The summed E-state index contributed by atoms with van der Waals surface area (Å²) < 4.78 is 0. The van der Waals surface area contributed by atoms with Gasteiger partial charge in [-0.25, -0.2) is 0 Å². The fraction of sp³-hybridized carbons (Fsp3) is 0.571. The lowest BCUT2D eigenvalue weighted by Crippen LogP contribution is -2.61. The lowest BCUT2D eigenvalue weighted by atomic mass is 10.1. The Morgan fingerprint density at radius 1 is 1.42 bits per heavy atom. The van der Waals surface area contributed by atoms with Crippen molar-refractivity contribution in [1.29, 1.82) is 0 Å². The third-order valence-corrected chi connectivity index (χ3v) is 3.77. The first-order valence-corrected chi connectivity index (χ1v) is 6.67. The molecule has 1 aromatic heterocycles. The standard InChI is InChI=1S/C14H22N4O/c1-11-9-18(10-12-4-6-16-7-5-12)13(8-15-2)14(19)17(11)3/h4-7,11,13,15H,8-10H2,1-3H3. The number of aromatic nitrogens is 1. The van der Waals surface area contributed by atoms with Crippen molar-refractivity contribution in [3.8, 4) is 0 Å². The second-order valence-corrected chi connectivity index (χ2v) is 5.16. The van der Waals surface area contributed by atoms with E-state index in [1.165, 1.54) is 5.56 Å². The Morgan fingerprint density at radius 2 is 2.11 bits per heavy atom. The highest BCUT2D eigenvalue weighted by Crippen LogP contribution is 2.17. The molecule has 5 nitrogen and oxygen atoms in total. The lowest BCUT2D eigenvalue weighted by Gasteiger charge is -2.43. The molecule has 0 bridgehead atoms. The first-order valence-electron chi connectivity index (χ1n) is 6.67. The second-order valence-electron chi connectivity index (χ2n) is 5.16. The van der Waals surface area contributed by atoms with E-state index >= 15 is 0 Å². The molecule has 1 aliphatic heterocycles. The Labute approximate surface area is 114 Å². The minimum Gasteiger partial charge on any atom is -0.340 e. The van der Waals surface area contributed by atoms with Crippen LogP contribution >= 0.6 is 0 Å². The predicted octanol–water partition coefficient (Wildman–Crippen LogP) is 0.332. The number of nitrogens with one attached hydrogen (secondary N) is 1. The summed E-state index contributed by atoms with van der Waals surface area (Å²) in [5.74, 6) is 0.196. The SMILES string of the molecule is CNCC1C(=O)N(C)C(C)CN1Cc1ccncc1. The maximum Gasteiger partial charge on any atom is 0.241 e. The van der Waals surface area contributed by atoms with Crippen molar-refractivity contribution in [3.63, 3.8) is 0 Å². The van der Waals surface area contributed by atoms with Crippen molar-refractivity contribution >= 4 is 5.91 Å². The number of hydrogen-bond acceptors (Lipinski definition) is 4. The van der Waals surface area contributed by atoms with Gasteiger partial charge in [-0.2, -0.15) is 0 Å². The molecule has 1 aliphatic rings. The van der Waals surface area contributed by atoms with Crippen LogP contribution in [0.25, 0.3) is 0 Å². The van der Waals surface area contributed by atoms with Crippen LogP contribution in [0.5, 0.6) is 0 Å². The Hall–Kier alpha value is -1.46. The molecule has 0 spiro atoms. The molecule has 0 aromatic carbocycles. The van der Waals surface area contributed by atoms with Gasteiger partial charge in [0.25, 0.3) is 0 Å². The predicted molar refractivity (Wildman–Crippen MR) is 74.6 cm³/mol. The Balaban J connectivity index is 2.14. The Kier molecular flexibility index (Phi) is 4.50. The maximum absolute atomic E-state index is 12.4. The molecule has 2 heterocycles. The van der Waals surface area contributed by atoms with E-state index in [1.54, 1.807) is 12.4 Å². The van der Waals surface area contributed by atoms with E-state index in [0.29, 0.717) is 6.54 Å². The van der Waals surface area contributed by atoms with Gasteiger partial charge in [0.05, 0.1) is 0 Å². The number of hydrogen-bond donors (Lipinski definition) is 1. The highest BCUT2D eigenvalue weighted by atomic mass is 16.2. The summed E-state index contributed by atoms with van der Waals surface area (Å²) in [6.07, 6.45) is 3.59. The van der Waals surface area contributed by atoms with Gasteiger partial charge in [-0.3, -0.25) is 14.7 Å². The normalized spacial score (nSPS) is 24.8. The molecule has 1 amide bonds. The monoisotopic (exact) mass is 262 g/mol. The maximum atomic E-state index is 12.4. The van der Waals surface area contributed by atoms with Crippen LogP contribution in [0.15, 0.2) is 24.5 Å². The van der Waals surface area contributed by atoms with Crippen LogP contribution in [-0.4, -0.2) is 60.0 Å². The molecule has 104 valence electrons. The molecule has 0 saturated carbocycles. The van der Waals surface area contributed by atoms with E-state index in [9.17, 15) is 4.79 Å². The van der Waals surface area contributed by atoms with Gasteiger partial charge in [0.15, 0.2) is 0 Å². The highest BCUT2D eigenvalue weighted by molar-refractivity contribution is 5.83. The van der Waals surface area contributed by atoms with Crippen molar-refractivity contribution in [2.45, 2.75) is 25.6 Å². The molecule has 5 heteroatoms. The number of pyridine rings is 1. The molecule has 0 aliphatic carbocycles. The highest BCUT2D eigenvalue weighted by Gasteiger charge is 2.35. The molecule has 1 N–H and O–H groups in total. The number of likely N-dealkylation sites (N-methyl/N-ethyl adjacent to an activating group) is 2. The summed E-state index contributed by atoms with van der Waals surface area (Å²) >= 11 is 0. The summed E-state index contributed by atoms with van der Waals surface area (Å²) in [6.45, 7) is 4.46. The molecule has 1 fully saturated rings. The smallest absolute Gasteiger partial charge is 0.241 e. The van der Waals surface area contributed by atoms with Crippen LogP contribution in [0, 0.1) is 0 Å². The average Bonchev–Trinajstić information content (AvgIpc) is 2.42. The molecule has 1 aromatic rings. The van der Waals surface area contributed by atoms with Gasteiger partial charge in [-0.15, -0.1) is 0 Å². The van der Waals surface area contributed by atoms with Gasteiger partial charge >= 0.3 is 0 Å². The molecule has 1 saturated heterocycles. The zero-order chi connectivity index (χ0) is 13.8. The molecule has 2 rings (SSSR count). The number of amides is 1. The van der Waals surface area contributed by atoms with Crippen LogP contribution in [-0.2, 0) is 11.3 Å². The number of carbonyl (C=O) groups excluding carboxylic acids is 1. The molecule has 2 atom stereocenters. The quantitative estimate of drug-likeness (QED) is 0.849. The summed E-state index contributed by atoms with van der Waals surface area (Å²) in [4.78, 5) is 20.5. The fourth-order valence-corrected chi connectivity index (χ4v) is 2.50. The van der Waals surface area contributed by atoms with Gasteiger partial charge in [-0.1, -0.05) is 0 Å². The fourth-order valence-electron chi connectivity index (χ4n) is 2.50. The van der Waals surface area contributed by atoms with E-state index < -0.39 is 0 Å². The third kappa shape index (κ3) is 3.11. The van der Waals surface area contributed by atoms with Crippen LogP contribution in [0.1, 0.15) is 12.5 Å². The Bertz CT molecular complexity index is 423. The molecule has 2 unspecified atom stereocenters. The van der Waals surface area contributed by atoms with Crippen molar-refractivity contribution in [3.05, 3.63) is 30.1 Å². The van der Waals surface area contributed by atoms with Crippen LogP contribution in [0.2, 0.25) is 0 Å². The summed E-state index contributed by atoms with van der Waals surface area (Å²) in [5, 5.41) is 3.12. The zero-order valence-corrected chi connectivity index (χ0v) is 11.8. The second kappa shape index (κ2) is 6.12. The van der Waals surface area contributed by atoms with Crippen LogP contribution < -0.4 is 5.32 Å². The van der Waals surface area contributed by atoms with Crippen molar-refractivity contribution in [1.82, 2.24) is 20.1 Å². The minimum absolute atomic E-state index is 0.0839. The van der Waals surface area contributed by atoms with Crippen molar-refractivity contribution in [2.24, 2.45) is 0 Å². The topological polar surface area (TPSA) is 48.5 Å². The van der Waals surface area contributed by atoms with Gasteiger partial charge in [0, 0.05) is 45.1 Å². The zero-order valence-electron chi connectivity index (χ0n) is 11.8. The average molecular weight is 262 g/mol. The number of nitrogens with zero attached hydrogens (tertiary/aromatic N) is 3. The molecular weight excluding hydrogens is 240 g/mol. The summed E-state index contributed by atoms with van der Waals surface area (Å²) in [7, 11) is 3.77. The lowest BCUT2D eigenvalue weighted by molar-refractivity contribution is -0.143. The largest absolute Gasteiger partial charge is 0.340 e. The van der Waals surface area contributed by atoms with Gasteiger partial charge in [0.2, 0.25) is 5.91 Å².